The fourth-order valence-corrected chi connectivity index (χ4v) is 2.08. The minimum Gasteiger partial charge on any atom is -0.493 e. The molecule has 0 heterocycles. The lowest BCUT2D eigenvalue weighted by atomic mass is 10.2. The van der Waals surface area contributed by atoms with Crippen LogP contribution < -0.4 is 10.1 Å². The number of rotatable bonds is 9. The minimum absolute atomic E-state index is 0.144. The Balaban J connectivity index is 1.74. The van der Waals surface area contributed by atoms with Gasteiger partial charge < -0.3 is 14.8 Å². The van der Waals surface area contributed by atoms with E-state index in [9.17, 15) is 9.59 Å². The quantitative estimate of drug-likeness (QED) is 0.552. The normalized spacial score (nSPS) is 10.1. The Morgan fingerprint density at radius 1 is 0.960 bits per heavy atom. The van der Waals surface area contributed by atoms with Gasteiger partial charge in [0.2, 0.25) is 5.91 Å². The summed E-state index contributed by atoms with van der Waals surface area (Å²) in [5.41, 5.74) is 1.11. The van der Waals surface area contributed by atoms with Gasteiger partial charge in [0, 0.05) is 5.69 Å². The number of benzene rings is 2. The molecule has 0 aliphatic rings. The molecular weight excluding hydrogens is 318 g/mol. The molecule has 0 aliphatic heterocycles. The van der Waals surface area contributed by atoms with E-state index in [2.05, 4.69) is 5.32 Å². The molecule has 132 valence electrons. The molecule has 2 aromatic carbocycles. The number of hydrogen-bond acceptors (Lipinski definition) is 4. The maximum Gasteiger partial charge on any atom is 0.338 e. The standard InChI is InChI=1S/C20H23NO4/c1-2-3-14-25-20(23)16-9-11-17(12-10-16)21-19(22)13-15-24-18-7-5-4-6-8-18/h4-12H,2-3,13-15H2,1H3,(H,21,22). The first-order valence-electron chi connectivity index (χ1n) is 8.44. The summed E-state index contributed by atoms with van der Waals surface area (Å²) in [5.74, 6) is 0.248. The van der Waals surface area contributed by atoms with Crippen molar-refractivity contribution in [1.82, 2.24) is 0 Å². The molecule has 1 N–H and O–H groups in total. The van der Waals surface area contributed by atoms with Crippen LogP contribution in [0.25, 0.3) is 0 Å². The number of anilines is 1. The predicted molar refractivity (Wildman–Crippen MR) is 96.8 cm³/mol. The molecule has 5 heteroatoms. The van der Waals surface area contributed by atoms with Gasteiger partial charge in [-0.05, 0) is 42.8 Å². The van der Waals surface area contributed by atoms with E-state index in [1.54, 1.807) is 24.3 Å². The lowest BCUT2D eigenvalue weighted by Crippen LogP contribution is -2.15. The lowest BCUT2D eigenvalue weighted by molar-refractivity contribution is -0.116. The Bertz CT molecular complexity index is 668. The number of para-hydroxylation sites is 1. The largest absolute Gasteiger partial charge is 0.493 e. The summed E-state index contributed by atoms with van der Waals surface area (Å²) in [5, 5.41) is 2.78. The van der Waals surface area contributed by atoms with Crippen molar-refractivity contribution in [1.29, 1.82) is 0 Å². The van der Waals surface area contributed by atoms with Gasteiger partial charge in [-0.25, -0.2) is 4.79 Å². The Morgan fingerprint density at radius 2 is 1.68 bits per heavy atom. The Hall–Kier alpha value is -2.82. The van der Waals surface area contributed by atoms with E-state index in [1.165, 1.54) is 0 Å². The second-order valence-corrected chi connectivity index (χ2v) is 5.53. The molecule has 0 aromatic heterocycles. The highest BCUT2D eigenvalue weighted by Gasteiger charge is 2.08. The number of ether oxygens (including phenoxy) is 2. The van der Waals surface area contributed by atoms with Gasteiger partial charge >= 0.3 is 5.97 Å². The Morgan fingerprint density at radius 3 is 2.36 bits per heavy atom. The third-order valence-corrected chi connectivity index (χ3v) is 3.48. The highest BCUT2D eigenvalue weighted by Crippen LogP contribution is 2.12. The van der Waals surface area contributed by atoms with E-state index in [0.29, 0.717) is 24.5 Å². The van der Waals surface area contributed by atoms with E-state index < -0.39 is 0 Å². The molecule has 2 aromatic rings. The Kier molecular flexibility index (Phi) is 7.50. The first-order chi connectivity index (χ1) is 12.2. The number of unbranched alkanes of at least 4 members (excludes halogenated alkanes) is 1. The molecule has 1 amide bonds. The zero-order chi connectivity index (χ0) is 17.9. The smallest absolute Gasteiger partial charge is 0.338 e. The van der Waals surface area contributed by atoms with Crippen LogP contribution in [0, 0.1) is 0 Å². The lowest BCUT2D eigenvalue weighted by Gasteiger charge is -2.08. The fraction of sp³-hybridized carbons (Fsp3) is 0.300. The molecule has 0 fully saturated rings. The van der Waals surface area contributed by atoms with Crippen LogP contribution in [0.5, 0.6) is 5.75 Å². The summed E-state index contributed by atoms with van der Waals surface area (Å²) in [4.78, 5) is 23.7. The van der Waals surface area contributed by atoms with Crippen molar-refractivity contribution in [3.05, 3.63) is 60.2 Å². The Labute approximate surface area is 148 Å². The summed E-state index contributed by atoms with van der Waals surface area (Å²) >= 11 is 0. The summed E-state index contributed by atoms with van der Waals surface area (Å²) < 4.78 is 10.6. The monoisotopic (exact) mass is 341 g/mol. The summed E-state index contributed by atoms with van der Waals surface area (Å²) in [6.45, 7) is 2.77. The number of esters is 1. The molecule has 25 heavy (non-hydrogen) atoms. The molecule has 0 radical (unpaired) electrons. The minimum atomic E-state index is -0.345. The molecule has 0 aliphatic carbocycles. The molecule has 0 atom stereocenters. The van der Waals surface area contributed by atoms with Gasteiger partial charge in [0.05, 0.1) is 25.2 Å². The van der Waals surface area contributed by atoms with Gasteiger partial charge in [-0.1, -0.05) is 31.5 Å². The molecule has 0 bridgehead atoms. The van der Waals surface area contributed by atoms with Crippen molar-refractivity contribution in [2.24, 2.45) is 0 Å². The van der Waals surface area contributed by atoms with Crippen LogP contribution >= 0.6 is 0 Å². The fourth-order valence-electron chi connectivity index (χ4n) is 2.08. The number of carbonyl (C=O) groups excluding carboxylic acids is 2. The van der Waals surface area contributed by atoms with Crippen LogP contribution in [-0.4, -0.2) is 25.1 Å². The maximum absolute atomic E-state index is 11.9. The van der Waals surface area contributed by atoms with Gasteiger partial charge in [0.15, 0.2) is 0 Å². The van der Waals surface area contributed by atoms with Crippen LogP contribution in [0.15, 0.2) is 54.6 Å². The molecule has 0 unspecified atom stereocenters. The predicted octanol–water partition coefficient (Wildman–Crippen LogP) is 4.05. The van der Waals surface area contributed by atoms with Gasteiger partial charge in [-0.3, -0.25) is 4.79 Å². The maximum atomic E-state index is 11.9. The first kappa shape index (κ1) is 18.5. The van der Waals surface area contributed by atoms with Crippen molar-refractivity contribution in [2.75, 3.05) is 18.5 Å². The summed E-state index contributed by atoms with van der Waals surface area (Å²) in [6.07, 6.45) is 2.08. The number of hydrogen-bond donors (Lipinski definition) is 1. The van der Waals surface area contributed by atoms with Gasteiger partial charge in [0.1, 0.15) is 5.75 Å². The zero-order valence-corrected chi connectivity index (χ0v) is 14.4. The van der Waals surface area contributed by atoms with Crippen LogP contribution in [0.3, 0.4) is 0 Å². The topological polar surface area (TPSA) is 64.6 Å². The van der Waals surface area contributed by atoms with Crippen LogP contribution in [0.2, 0.25) is 0 Å². The molecule has 5 nitrogen and oxygen atoms in total. The SMILES string of the molecule is CCCCOC(=O)c1ccc(NC(=O)CCOc2ccccc2)cc1. The van der Waals surface area contributed by atoms with Gasteiger partial charge in [-0.2, -0.15) is 0 Å². The second-order valence-electron chi connectivity index (χ2n) is 5.53. The van der Waals surface area contributed by atoms with Crippen molar-refractivity contribution < 1.29 is 19.1 Å². The van der Waals surface area contributed by atoms with Crippen LogP contribution in [-0.2, 0) is 9.53 Å². The summed E-state index contributed by atoms with van der Waals surface area (Å²) in [7, 11) is 0. The third-order valence-electron chi connectivity index (χ3n) is 3.48. The van der Waals surface area contributed by atoms with Crippen molar-refractivity contribution in [3.8, 4) is 5.75 Å². The average Bonchev–Trinajstić information content (AvgIpc) is 2.63. The van der Waals surface area contributed by atoms with Crippen molar-refractivity contribution in [3.63, 3.8) is 0 Å². The molecule has 0 saturated heterocycles. The highest BCUT2D eigenvalue weighted by atomic mass is 16.5. The van der Waals surface area contributed by atoms with E-state index in [1.807, 2.05) is 37.3 Å². The van der Waals surface area contributed by atoms with Crippen molar-refractivity contribution >= 4 is 17.6 Å². The van der Waals surface area contributed by atoms with E-state index in [4.69, 9.17) is 9.47 Å². The van der Waals surface area contributed by atoms with Crippen LogP contribution in [0.4, 0.5) is 5.69 Å². The molecular formula is C20H23NO4. The number of amides is 1. The van der Waals surface area contributed by atoms with E-state index in [-0.39, 0.29) is 18.3 Å². The van der Waals surface area contributed by atoms with E-state index >= 15 is 0 Å². The van der Waals surface area contributed by atoms with Crippen LogP contribution in [0.1, 0.15) is 36.5 Å². The zero-order valence-electron chi connectivity index (χ0n) is 14.4. The highest BCUT2D eigenvalue weighted by molar-refractivity contribution is 5.93. The van der Waals surface area contributed by atoms with Crippen molar-refractivity contribution in [2.45, 2.75) is 26.2 Å². The van der Waals surface area contributed by atoms with E-state index in [0.717, 1.165) is 18.6 Å². The third kappa shape index (κ3) is 6.67. The molecule has 0 spiro atoms. The first-order valence-corrected chi connectivity index (χ1v) is 8.44. The van der Waals surface area contributed by atoms with Gasteiger partial charge in [0.25, 0.3) is 0 Å². The average molecular weight is 341 g/mol. The number of nitrogens with one attached hydrogen (secondary N) is 1. The molecule has 0 saturated carbocycles. The molecule has 2 rings (SSSR count). The summed E-state index contributed by atoms with van der Waals surface area (Å²) in [6, 6.07) is 16.0. The van der Waals surface area contributed by atoms with Gasteiger partial charge in [-0.15, -0.1) is 0 Å². The number of carbonyl (C=O) groups is 2. The second kappa shape index (κ2) is 10.1.